The lowest BCUT2D eigenvalue weighted by atomic mass is 10.0. The summed E-state index contributed by atoms with van der Waals surface area (Å²) in [5.74, 6) is 0. The molecule has 2 aromatic heterocycles. The summed E-state index contributed by atoms with van der Waals surface area (Å²) < 4.78 is 0. The second kappa shape index (κ2) is 4.38. The fraction of sp³-hybridized carbons (Fsp3) is 0. The number of hydrogen-bond acceptors (Lipinski definition) is 3. The van der Waals surface area contributed by atoms with Crippen LogP contribution in [0.2, 0.25) is 0 Å². The molecule has 0 spiro atoms. The van der Waals surface area contributed by atoms with Gasteiger partial charge in [-0.15, -0.1) is 0 Å². The number of aromatic nitrogens is 3. The van der Waals surface area contributed by atoms with E-state index in [1.807, 2.05) is 42.6 Å². The van der Waals surface area contributed by atoms with Crippen LogP contribution in [-0.4, -0.2) is 15.0 Å². The van der Waals surface area contributed by atoms with Crippen molar-refractivity contribution in [3.8, 4) is 11.3 Å². The molecule has 3 nitrogen and oxygen atoms in total. The van der Waals surface area contributed by atoms with Crippen LogP contribution in [0.4, 0.5) is 0 Å². The van der Waals surface area contributed by atoms with Crippen molar-refractivity contribution in [2.75, 3.05) is 0 Å². The van der Waals surface area contributed by atoms with E-state index >= 15 is 0 Å². The molecule has 0 N–H and O–H groups in total. The monoisotopic (exact) mass is 256 g/mol. The first-order chi connectivity index (χ1) is 9.93. The zero-order valence-electron chi connectivity index (χ0n) is 10.6. The second-order valence-corrected chi connectivity index (χ2v) is 4.55. The lowest BCUT2D eigenvalue weighted by Gasteiger charge is -2.07. The molecule has 2 aromatic carbocycles. The third-order valence-electron chi connectivity index (χ3n) is 3.38. The summed E-state index contributed by atoms with van der Waals surface area (Å²) in [7, 11) is 0. The van der Waals surface area contributed by atoms with Gasteiger partial charge in [-0.3, -0.25) is 9.97 Å². The van der Waals surface area contributed by atoms with Crippen LogP contribution in [0.5, 0.6) is 0 Å². The molecule has 0 bridgehead atoms. The van der Waals surface area contributed by atoms with E-state index in [-0.39, 0.29) is 0 Å². The van der Waals surface area contributed by atoms with Crippen LogP contribution in [0.15, 0.2) is 60.9 Å². The molecule has 0 aliphatic heterocycles. The summed E-state index contributed by atoms with van der Waals surface area (Å²) in [5, 5.41) is 2.29. The summed E-state index contributed by atoms with van der Waals surface area (Å²) in [6.07, 6.45) is 6.22. The van der Waals surface area contributed by atoms with Gasteiger partial charge in [0.1, 0.15) is 6.20 Å². The highest BCUT2D eigenvalue weighted by Gasteiger charge is 2.09. The SMILES string of the molecule is [c]1cnc2cccc(-c3nccc4ccccc34)c2n1. The van der Waals surface area contributed by atoms with E-state index in [0.29, 0.717) is 0 Å². The van der Waals surface area contributed by atoms with Crippen LogP contribution < -0.4 is 0 Å². The third kappa shape index (κ3) is 1.64. The number of benzene rings is 2. The molecule has 1 radical (unpaired) electrons. The quantitative estimate of drug-likeness (QED) is 0.522. The minimum Gasteiger partial charge on any atom is -0.256 e. The topological polar surface area (TPSA) is 38.7 Å². The summed E-state index contributed by atoms with van der Waals surface area (Å²) in [4.78, 5) is 13.2. The molecule has 0 aliphatic carbocycles. The van der Waals surface area contributed by atoms with Crippen LogP contribution in [0, 0.1) is 6.20 Å². The van der Waals surface area contributed by atoms with E-state index in [2.05, 4.69) is 33.3 Å². The fourth-order valence-electron chi connectivity index (χ4n) is 2.47. The van der Waals surface area contributed by atoms with Crippen LogP contribution >= 0.6 is 0 Å². The minimum absolute atomic E-state index is 0.832. The molecule has 93 valence electrons. The Morgan fingerprint density at radius 1 is 0.850 bits per heavy atom. The fourth-order valence-corrected chi connectivity index (χ4v) is 2.47. The van der Waals surface area contributed by atoms with Crippen molar-refractivity contribution in [1.82, 2.24) is 15.0 Å². The summed E-state index contributed by atoms with van der Waals surface area (Å²) in [6, 6.07) is 16.2. The van der Waals surface area contributed by atoms with Crippen molar-refractivity contribution in [1.29, 1.82) is 0 Å². The zero-order valence-corrected chi connectivity index (χ0v) is 10.6. The highest BCUT2D eigenvalue weighted by molar-refractivity contribution is 6.01. The molecule has 20 heavy (non-hydrogen) atoms. The third-order valence-corrected chi connectivity index (χ3v) is 3.38. The molecule has 0 saturated carbocycles. The smallest absolute Gasteiger partial charge is 0.109 e. The number of rotatable bonds is 1. The van der Waals surface area contributed by atoms with Crippen LogP contribution in [0.1, 0.15) is 0 Å². The maximum absolute atomic E-state index is 4.55. The van der Waals surface area contributed by atoms with Crippen molar-refractivity contribution in [2.45, 2.75) is 0 Å². The van der Waals surface area contributed by atoms with Gasteiger partial charge < -0.3 is 0 Å². The molecule has 0 aliphatic rings. The van der Waals surface area contributed by atoms with Gasteiger partial charge in [-0.2, -0.15) is 0 Å². The Kier molecular flexibility index (Phi) is 2.42. The van der Waals surface area contributed by atoms with Gasteiger partial charge in [0.15, 0.2) is 0 Å². The predicted molar refractivity (Wildman–Crippen MR) is 79.1 cm³/mol. The second-order valence-electron chi connectivity index (χ2n) is 4.55. The van der Waals surface area contributed by atoms with Crippen LogP contribution in [-0.2, 0) is 0 Å². The van der Waals surface area contributed by atoms with E-state index in [0.717, 1.165) is 27.7 Å². The van der Waals surface area contributed by atoms with Gasteiger partial charge in [0.2, 0.25) is 0 Å². The molecule has 0 saturated heterocycles. The van der Waals surface area contributed by atoms with Gasteiger partial charge in [0, 0.05) is 17.1 Å². The average molecular weight is 256 g/mol. The molecule has 0 unspecified atom stereocenters. The Morgan fingerprint density at radius 2 is 1.80 bits per heavy atom. The highest BCUT2D eigenvalue weighted by Crippen LogP contribution is 2.30. The first kappa shape index (κ1) is 11.1. The van der Waals surface area contributed by atoms with Crippen molar-refractivity contribution >= 4 is 21.8 Å². The number of nitrogens with zero attached hydrogens (tertiary/aromatic N) is 3. The standard InChI is InChI=1S/C17H10N3/c1-2-5-13-12(4-1)8-9-19-16(13)14-6-3-7-15-17(14)20-11-10-18-15/h1-10H. The molecule has 3 heteroatoms. The summed E-state index contributed by atoms with van der Waals surface area (Å²) in [5.41, 5.74) is 3.61. The number of hydrogen-bond donors (Lipinski definition) is 0. The van der Waals surface area contributed by atoms with E-state index in [1.165, 1.54) is 5.39 Å². The first-order valence-corrected chi connectivity index (χ1v) is 6.39. The van der Waals surface area contributed by atoms with E-state index in [9.17, 15) is 0 Å². The number of fused-ring (bicyclic) bond motifs is 2. The molecule has 2 heterocycles. The maximum Gasteiger partial charge on any atom is 0.109 e. The molecule has 0 atom stereocenters. The maximum atomic E-state index is 4.55. The molecule has 0 fully saturated rings. The lowest BCUT2D eigenvalue weighted by Crippen LogP contribution is -1.90. The van der Waals surface area contributed by atoms with Crippen molar-refractivity contribution in [3.63, 3.8) is 0 Å². The Bertz CT molecular complexity index is 828. The molecular formula is C17H10N3. The predicted octanol–water partition coefficient (Wildman–Crippen LogP) is 3.65. The largest absolute Gasteiger partial charge is 0.256 e. The minimum atomic E-state index is 0.832. The Labute approximate surface area is 116 Å². The van der Waals surface area contributed by atoms with Crippen LogP contribution in [0.25, 0.3) is 33.1 Å². The normalized spacial score (nSPS) is 11.0. The number of pyridine rings is 1. The zero-order chi connectivity index (χ0) is 13.4. The van der Waals surface area contributed by atoms with Gasteiger partial charge in [-0.25, -0.2) is 4.98 Å². The van der Waals surface area contributed by atoms with Crippen LogP contribution in [0.3, 0.4) is 0 Å². The Balaban J connectivity index is 2.12. The van der Waals surface area contributed by atoms with E-state index < -0.39 is 0 Å². The van der Waals surface area contributed by atoms with Gasteiger partial charge in [0.25, 0.3) is 0 Å². The average Bonchev–Trinajstić information content (AvgIpc) is 2.54. The van der Waals surface area contributed by atoms with E-state index in [4.69, 9.17) is 0 Å². The van der Waals surface area contributed by atoms with Gasteiger partial charge in [0.05, 0.1) is 22.9 Å². The lowest BCUT2D eigenvalue weighted by molar-refractivity contribution is 1.27. The van der Waals surface area contributed by atoms with Gasteiger partial charge >= 0.3 is 0 Å². The summed E-state index contributed by atoms with van der Waals surface area (Å²) >= 11 is 0. The number of para-hydroxylation sites is 1. The Hall–Kier alpha value is -2.81. The summed E-state index contributed by atoms with van der Waals surface area (Å²) in [6.45, 7) is 0. The molecule has 4 rings (SSSR count). The molecule has 4 aromatic rings. The highest BCUT2D eigenvalue weighted by atomic mass is 14.8. The van der Waals surface area contributed by atoms with Gasteiger partial charge in [-0.05, 0) is 17.5 Å². The van der Waals surface area contributed by atoms with Crippen molar-refractivity contribution in [3.05, 3.63) is 67.1 Å². The van der Waals surface area contributed by atoms with Crippen molar-refractivity contribution < 1.29 is 0 Å². The molecule has 0 amide bonds. The van der Waals surface area contributed by atoms with E-state index in [1.54, 1.807) is 6.20 Å². The van der Waals surface area contributed by atoms with Gasteiger partial charge in [-0.1, -0.05) is 36.4 Å². The Morgan fingerprint density at radius 3 is 2.80 bits per heavy atom. The van der Waals surface area contributed by atoms with Crippen molar-refractivity contribution in [2.24, 2.45) is 0 Å². The first-order valence-electron chi connectivity index (χ1n) is 6.39. The molecular weight excluding hydrogens is 246 g/mol.